The third-order valence-electron chi connectivity index (χ3n) is 4.63. The van der Waals surface area contributed by atoms with Crippen LogP contribution in [0.3, 0.4) is 0 Å². The second kappa shape index (κ2) is 9.09. The maximum absolute atomic E-state index is 12.6. The fourth-order valence-electron chi connectivity index (χ4n) is 2.99. The van der Waals surface area contributed by atoms with Gasteiger partial charge in [-0.3, -0.25) is 19.7 Å². The molecule has 0 radical (unpaired) electrons. The van der Waals surface area contributed by atoms with Crippen molar-refractivity contribution in [3.63, 3.8) is 0 Å². The summed E-state index contributed by atoms with van der Waals surface area (Å²) in [6.45, 7) is 4.22. The van der Waals surface area contributed by atoms with Crippen LogP contribution in [0.2, 0.25) is 0 Å². The van der Waals surface area contributed by atoms with Crippen molar-refractivity contribution in [2.24, 2.45) is 5.92 Å². The Kier molecular flexibility index (Phi) is 6.53. The van der Waals surface area contributed by atoms with E-state index >= 15 is 0 Å². The number of thioether (sulfide) groups is 1. The molecule has 152 valence electrons. The molecule has 0 unspecified atom stereocenters. The highest BCUT2D eigenvalue weighted by molar-refractivity contribution is 7.99. The smallest absolute Gasteiger partial charge is 0.283 e. The number of anilines is 2. The van der Waals surface area contributed by atoms with Gasteiger partial charge in [-0.15, -0.1) is 11.8 Å². The normalized spacial score (nSPS) is 13.0. The molecule has 0 saturated heterocycles. The molecule has 2 aromatic carbocycles. The minimum Gasteiger partial charge on any atom is -0.326 e. The highest BCUT2D eigenvalue weighted by atomic mass is 32.2. The molecular formula is C21H23N3O4S. The summed E-state index contributed by atoms with van der Waals surface area (Å²) in [5.41, 5.74) is 2.46. The van der Waals surface area contributed by atoms with Gasteiger partial charge in [-0.25, -0.2) is 0 Å². The quantitative estimate of drug-likeness (QED) is 0.383. The Morgan fingerprint density at radius 3 is 2.76 bits per heavy atom. The first-order valence-corrected chi connectivity index (χ1v) is 10.5. The van der Waals surface area contributed by atoms with Crippen LogP contribution in [-0.4, -0.2) is 22.5 Å². The predicted octanol–water partition coefficient (Wildman–Crippen LogP) is 4.87. The van der Waals surface area contributed by atoms with E-state index in [-0.39, 0.29) is 17.2 Å². The fraction of sp³-hybridized carbons (Fsp3) is 0.333. The molecule has 2 aromatic rings. The van der Waals surface area contributed by atoms with Gasteiger partial charge in [-0.2, -0.15) is 0 Å². The molecule has 2 N–H and O–H groups in total. The lowest BCUT2D eigenvalue weighted by Crippen LogP contribution is -2.19. The molecule has 1 aliphatic heterocycles. The van der Waals surface area contributed by atoms with Gasteiger partial charge in [0, 0.05) is 29.4 Å². The molecular weight excluding hydrogens is 390 g/mol. The maximum Gasteiger partial charge on any atom is 0.283 e. The van der Waals surface area contributed by atoms with Crippen molar-refractivity contribution in [1.29, 1.82) is 0 Å². The SMILES string of the molecule is CC(C)CCSc1ccc(C(=O)Nc2ccc3c(c2)CCC(=O)N3)cc1[N+](=O)[O-]. The summed E-state index contributed by atoms with van der Waals surface area (Å²) in [6, 6.07) is 9.84. The number of nitrogens with one attached hydrogen (secondary N) is 2. The maximum atomic E-state index is 12.6. The molecule has 0 aromatic heterocycles. The number of carbonyl (C=O) groups is 2. The van der Waals surface area contributed by atoms with Gasteiger partial charge in [0.25, 0.3) is 11.6 Å². The molecule has 0 atom stereocenters. The molecule has 0 saturated carbocycles. The summed E-state index contributed by atoms with van der Waals surface area (Å²) in [5, 5.41) is 17.0. The van der Waals surface area contributed by atoms with Crippen molar-refractivity contribution < 1.29 is 14.5 Å². The van der Waals surface area contributed by atoms with Gasteiger partial charge < -0.3 is 10.6 Å². The number of rotatable bonds is 7. The lowest BCUT2D eigenvalue weighted by Gasteiger charge is -2.17. The number of aryl methyl sites for hydroxylation is 1. The summed E-state index contributed by atoms with van der Waals surface area (Å²) >= 11 is 1.44. The fourth-order valence-corrected chi connectivity index (χ4v) is 4.25. The number of nitro benzene ring substituents is 1. The monoisotopic (exact) mass is 413 g/mol. The van der Waals surface area contributed by atoms with Crippen LogP contribution in [0, 0.1) is 16.0 Å². The lowest BCUT2D eigenvalue weighted by molar-refractivity contribution is -0.387. The van der Waals surface area contributed by atoms with Crippen molar-refractivity contribution in [3.8, 4) is 0 Å². The van der Waals surface area contributed by atoms with E-state index in [4.69, 9.17) is 0 Å². The van der Waals surface area contributed by atoms with E-state index in [9.17, 15) is 19.7 Å². The number of fused-ring (bicyclic) bond motifs is 1. The second-order valence-corrected chi connectivity index (χ2v) is 8.48. The largest absolute Gasteiger partial charge is 0.326 e. The average Bonchev–Trinajstić information content (AvgIpc) is 2.67. The molecule has 29 heavy (non-hydrogen) atoms. The molecule has 0 fully saturated rings. The number of benzene rings is 2. The van der Waals surface area contributed by atoms with E-state index in [1.54, 1.807) is 24.3 Å². The number of carbonyl (C=O) groups excluding carboxylic acids is 2. The number of amides is 2. The minimum absolute atomic E-state index is 0.0204. The van der Waals surface area contributed by atoms with E-state index < -0.39 is 10.8 Å². The first kappa shape index (κ1) is 20.9. The van der Waals surface area contributed by atoms with Gasteiger partial charge in [0.05, 0.1) is 9.82 Å². The van der Waals surface area contributed by atoms with Crippen molar-refractivity contribution in [2.75, 3.05) is 16.4 Å². The molecule has 1 heterocycles. The minimum atomic E-state index is -0.448. The average molecular weight is 413 g/mol. The molecule has 0 spiro atoms. The van der Waals surface area contributed by atoms with Gasteiger partial charge in [-0.05, 0) is 60.4 Å². The Labute approximate surface area is 173 Å². The topological polar surface area (TPSA) is 101 Å². The lowest BCUT2D eigenvalue weighted by atomic mass is 10.0. The highest BCUT2D eigenvalue weighted by Gasteiger charge is 2.19. The van der Waals surface area contributed by atoms with Gasteiger partial charge in [0.1, 0.15) is 0 Å². The Hall–Kier alpha value is -2.87. The first-order chi connectivity index (χ1) is 13.8. The predicted molar refractivity (Wildman–Crippen MR) is 115 cm³/mol. The third kappa shape index (κ3) is 5.35. The highest BCUT2D eigenvalue weighted by Crippen LogP contribution is 2.32. The standard InChI is InChI=1S/C21H23N3O4S/c1-13(2)9-10-29-19-7-3-15(12-18(19)24(27)28)21(26)22-16-5-6-17-14(11-16)4-8-20(25)23-17/h3,5-7,11-13H,4,8-10H2,1-2H3,(H,22,26)(H,23,25). The summed E-state index contributed by atoms with van der Waals surface area (Å²) in [4.78, 5) is 35.6. The van der Waals surface area contributed by atoms with Crippen LogP contribution < -0.4 is 10.6 Å². The van der Waals surface area contributed by atoms with E-state index in [0.29, 0.717) is 29.3 Å². The number of nitro groups is 1. The summed E-state index contributed by atoms with van der Waals surface area (Å²) in [5.74, 6) is 0.881. The Morgan fingerprint density at radius 1 is 1.24 bits per heavy atom. The zero-order chi connectivity index (χ0) is 21.0. The molecule has 7 nitrogen and oxygen atoms in total. The molecule has 0 aliphatic carbocycles. The Bertz CT molecular complexity index is 959. The van der Waals surface area contributed by atoms with Crippen molar-refractivity contribution in [3.05, 3.63) is 57.6 Å². The summed E-state index contributed by atoms with van der Waals surface area (Å²) in [6.07, 6.45) is 1.98. The Balaban J connectivity index is 1.74. The van der Waals surface area contributed by atoms with Crippen molar-refractivity contribution >= 4 is 40.6 Å². The van der Waals surface area contributed by atoms with Crippen LogP contribution >= 0.6 is 11.8 Å². The van der Waals surface area contributed by atoms with E-state index in [2.05, 4.69) is 24.5 Å². The van der Waals surface area contributed by atoms with Gasteiger partial charge in [0.15, 0.2) is 0 Å². The molecule has 8 heteroatoms. The molecule has 2 amide bonds. The van der Waals surface area contributed by atoms with Crippen LogP contribution in [0.5, 0.6) is 0 Å². The number of nitrogens with zero attached hydrogens (tertiary/aromatic N) is 1. The molecule has 1 aliphatic rings. The first-order valence-electron chi connectivity index (χ1n) is 9.49. The van der Waals surface area contributed by atoms with Crippen molar-refractivity contribution in [1.82, 2.24) is 0 Å². The van der Waals surface area contributed by atoms with Gasteiger partial charge in [0.2, 0.25) is 5.91 Å². The van der Waals surface area contributed by atoms with Crippen LogP contribution in [0.4, 0.5) is 17.1 Å². The summed E-state index contributed by atoms with van der Waals surface area (Å²) < 4.78 is 0. The number of hydrogen-bond donors (Lipinski definition) is 2. The van der Waals surface area contributed by atoms with Gasteiger partial charge >= 0.3 is 0 Å². The number of hydrogen-bond acceptors (Lipinski definition) is 5. The van der Waals surface area contributed by atoms with Crippen molar-refractivity contribution in [2.45, 2.75) is 38.0 Å². The van der Waals surface area contributed by atoms with Crippen LogP contribution in [0.1, 0.15) is 42.6 Å². The van der Waals surface area contributed by atoms with Crippen LogP contribution in [0.15, 0.2) is 41.3 Å². The zero-order valence-corrected chi connectivity index (χ0v) is 17.2. The van der Waals surface area contributed by atoms with Crippen LogP contribution in [0.25, 0.3) is 0 Å². The summed E-state index contributed by atoms with van der Waals surface area (Å²) in [7, 11) is 0. The third-order valence-corrected chi connectivity index (χ3v) is 5.73. The molecule has 0 bridgehead atoms. The zero-order valence-electron chi connectivity index (χ0n) is 16.4. The van der Waals surface area contributed by atoms with E-state index in [1.807, 2.05) is 6.07 Å². The second-order valence-electron chi connectivity index (χ2n) is 7.34. The van der Waals surface area contributed by atoms with Gasteiger partial charge in [-0.1, -0.05) is 13.8 Å². The van der Waals surface area contributed by atoms with E-state index in [0.717, 1.165) is 23.4 Å². The van der Waals surface area contributed by atoms with E-state index in [1.165, 1.54) is 17.8 Å². The molecule has 3 rings (SSSR count). The van der Waals surface area contributed by atoms with Crippen LogP contribution in [-0.2, 0) is 11.2 Å². The Morgan fingerprint density at radius 2 is 2.03 bits per heavy atom.